The Bertz CT molecular complexity index is 372. The zero-order valence-electron chi connectivity index (χ0n) is 14.0. The first-order valence-corrected chi connectivity index (χ1v) is 9.05. The van der Waals surface area contributed by atoms with Crippen molar-refractivity contribution in [3.05, 3.63) is 0 Å². The van der Waals surface area contributed by atoms with Gasteiger partial charge >= 0.3 is 11.9 Å². The van der Waals surface area contributed by atoms with Crippen molar-refractivity contribution in [2.75, 3.05) is 13.2 Å². The molecule has 5 heteroatoms. The lowest BCUT2D eigenvalue weighted by atomic mass is 9.99. The van der Waals surface area contributed by atoms with Crippen molar-refractivity contribution in [2.45, 2.75) is 77.0 Å². The topological polar surface area (TPSA) is 83.8 Å². The fourth-order valence-electron chi connectivity index (χ4n) is 3.23. The van der Waals surface area contributed by atoms with Crippen LogP contribution in [-0.2, 0) is 14.3 Å². The van der Waals surface area contributed by atoms with E-state index in [0.29, 0.717) is 0 Å². The zero-order valence-corrected chi connectivity index (χ0v) is 14.0. The molecule has 2 fully saturated rings. The summed E-state index contributed by atoms with van der Waals surface area (Å²) in [4.78, 5) is 22.0. The van der Waals surface area contributed by atoms with Gasteiger partial charge in [-0.3, -0.25) is 9.59 Å². The van der Waals surface area contributed by atoms with Crippen LogP contribution < -0.4 is 0 Å². The van der Waals surface area contributed by atoms with Crippen LogP contribution in [-0.4, -0.2) is 35.4 Å². The molecular weight excluding hydrogens is 296 g/mol. The quantitative estimate of drug-likeness (QED) is 0.474. The number of ether oxygens (including phenoxy) is 1. The second-order valence-electron chi connectivity index (χ2n) is 7.40. The van der Waals surface area contributed by atoms with E-state index in [1.807, 2.05) is 0 Å². The van der Waals surface area contributed by atoms with Gasteiger partial charge in [0.2, 0.25) is 0 Å². The second kappa shape index (κ2) is 8.13. The van der Waals surface area contributed by atoms with E-state index in [4.69, 9.17) is 14.9 Å². The third kappa shape index (κ3) is 5.48. The average Bonchev–Trinajstić information content (AvgIpc) is 3.39. The summed E-state index contributed by atoms with van der Waals surface area (Å²) < 4.78 is 5.59. The molecule has 0 aliphatic heterocycles. The zero-order chi connectivity index (χ0) is 16.8. The highest BCUT2D eigenvalue weighted by atomic mass is 16.5. The Morgan fingerprint density at radius 3 is 1.39 bits per heavy atom. The molecule has 2 saturated carbocycles. The van der Waals surface area contributed by atoms with Gasteiger partial charge in [-0.25, -0.2) is 0 Å². The molecule has 2 aliphatic rings. The maximum absolute atomic E-state index is 11.0. The molecule has 132 valence electrons. The summed E-state index contributed by atoms with van der Waals surface area (Å²) in [6.07, 6.45) is 11.1. The van der Waals surface area contributed by atoms with Crippen LogP contribution in [0.4, 0.5) is 0 Å². The number of carboxylic acids is 2. The fraction of sp³-hybridized carbons (Fsp3) is 0.889. The van der Waals surface area contributed by atoms with Crippen molar-refractivity contribution in [1.82, 2.24) is 0 Å². The lowest BCUT2D eigenvalue weighted by Gasteiger charge is -2.10. The van der Waals surface area contributed by atoms with Crippen molar-refractivity contribution >= 4 is 11.9 Å². The fourth-order valence-corrected chi connectivity index (χ4v) is 3.23. The molecule has 2 rings (SSSR count). The molecule has 0 atom stereocenters. The maximum Gasteiger partial charge on any atom is 0.309 e. The number of hydrogen-bond donors (Lipinski definition) is 2. The van der Waals surface area contributed by atoms with E-state index in [1.54, 1.807) is 0 Å². The van der Waals surface area contributed by atoms with Crippen molar-refractivity contribution in [2.24, 2.45) is 10.8 Å². The number of carboxylic acid groups (broad SMARTS) is 2. The molecule has 0 saturated heterocycles. The normalized spacial score (nSPS) is 20.2. The van der Waals surface area contributed by atoms with Gasteiger partial charge in [0, 0.05) is 13.2 Å². The van der Waals surface area contributed by atoms with Gasteiger partial charge in [0.05, 0.1) is 10.8 Å². The lowest BCUT2D eigenvalue weighted by molar-refractivity contribution is -0.144. The minimum Gasteiger partial charge on any atom is -0.481 e. The van der Waals surface area contributed by atoms with Gasteiger partial charge in [-0.1, -0.05) is 25.7 Å². The Labute approximate surface area is 138 Å². The van der Waals surface area contributed by atoms with Crippen LogP contribution >= 0.6 is 0 Å². The number of rotatable bonds is 14. The first-order chi connectivity index (χ1) is 11.0. The van der Waals surface area contributed by atoms with Gasteiger partial charge in [-0.05, 0) is 51.4 Å². The van der Waals surface area contributed by atoms with Crippen LogP contribution in [0.2, 0.25) is 0 Å². The minimum absolute atomic E-state index is 0.379. The summed E-state index contributed by atoms with van der Waals surface area (Å²) in [6.45, 7) is 1.50. The van der Waals surface area contributed by atoms with E-state index in [-0.39, 0.29) is 10.8 Å². The number of unbranched alkanes of at least 4 members (excludes halogenated alkanes) is 4. The summed E-state index contributed by atoms with van der Waals surface area (Å²) in [6, 6.07) is 0. The Kier molecular flexibility index (Phi) is 6.45. The molecule has 0 heterocycles. The summed E-state index contributed by atoms with van der Waals surface area (Å²) in [5.74, 6) is -1.24. The molecule has 0 bridgehead atoms. The molecule has 5 nitrogen and oxygen atoms in total. The highest BCUT2D eigenvalue weighted by Crippen LogP contribution is 2.50. The smallest absolute Gasteiger partial charge is 0.309 e. The average molecular weight is 326 g/mol. The van der Waals surface area contributed by atoms with Crippen LogP contribution in [0.1, 0.15) is 77.0 Å². The first kappa shape index (κ1) is 18.2. The Hall–Kier alpha value is -1.10. The molecule has 0 amide bonds. The monoisotopic (exact) mass is 326 g/mol. The summed E-state index contributed by atoms with van der Waals surface area (Å²) in [5.41, 5.74) is -0.758. The van der Waals surface area contributed by atoms with Crippen molar-refractivity contribution < 1.29 is 24.5 Å². The van der Waals surface area contributed by atoms with Crippen LogP contribution in [0.3, 0.4) is 0 Å². The van der Waals surface area contributed by atoms with Crippen LogP contribution in [0.15, 0.2) is 0 Å². The largest absolute Gasteiger partial charge is 0.481 e. The van der Waals surface area contributed by atoms with Gasteiger partial charge in [-0.15, -0.1) is 0 Å². The first-order valence-electron chi connectivity index (χ1n) is 9.05. The number of hydrogen-bond acceptors (Lipinski definition) is 3. The predicted molar refractivity (Wildman–Crippen MR) is 86.4 cm³/mol. The van der Waals surface area contributed by atoms with Crippen molar-refractivity contribution in [3.63, 3.8) is 0 Å². The van der Waals surface area contributed by atoms with Gasteiger partial charge < -0.3 is 14.9 Å². The molecule has 0 radical (unpaired) electrons. The van der Waals surface area contributed by atoms with Crippen molar-refractivity contribution in [1.29, 1.82) is 0 Å². The molecule has 2 aliphatic carbocycles. The van der Waals surface area contributed by atoms with E-state index in [0.717, 1.165) is 90.3 Å². The highest BCUT2D eigenvalue weighted by molar-refractivity contribution is 5.78. The SMILES string of the molecule is O=C(O)C1(CCCCCOCCCCCC2(C(=O)O)CC2)CC1. The van der Waals surface area contributed by atoms with Crippen LogP contribution in [0.25, 0.3) is 0 Å². The predicted octanol–water partition coefficient (Wildman–Crippen LogP) is 3.85. The van der Waals surface area contributed by atoms with E-state index in [9.17, 15) is 9.59 Å². The molecule has 0 aromatic rings. The summed E-state index contributed by atoms with van der Waals surface area (Å²) >= 11 is 0. The molecule has 23 heavy (non-hydrogen) atoms. The molecule has 0 aromatic carbocycles. The summed E-state index contributed by atoms with van der Waals surface area (Å²) in [7, 11) is 0. The second-order valence-corrected chi connectivity index (χ2v) is 7.40. The maximum atomic E-state index is 11.0. The number of carbonyl (C=O) groups is 2. The summed E-state index contributed by atoms with van der Waals surface area (Å²) in [5, 5.41) is 18.1. The van der Waals surface area contributed by atoms with E-state index in [1.165, 1.54) is 0 Å². The minimum atomic E-state index is -0.621. The van der Waals surface area contributed by atoms with Gasteiger partial charge in [0.25, 0.3) is 0 Å². The van der Waals surface area contributed by atoms with Gasteiger partial charge in [0.15, 0.2) is 0 Å². The third-order valence-electron chi connectivity index (χ3n) is 5.50. The van der Waals surface area contributed by atoms with Crippen molar-refractivity contribution in [3.8, 4) is 0 Å². The third-order valence-corrected chi connectivity index (χ3v) is 5.50. The molecular formula is C18H30O5. The molecule has 2 N–H and O–H groups in total. The molecule has 0 spiro atoms. The molecule has 0 unspecified atom stereocenters. The van der Waals surface area contributed by atoms with Crippen LogP contribution in [0, 0.1) is 10.8 Å². The lowest BCUT2D eigenvalue weighted by Crippen LogP contribution is -2.14. The van der Waals surface area contributed by atoms with Gasteiger partial charge in [0.1, 0.15) is 0 Å². The Balaban J connectivity index is 1.34. The number of aliphatic carboxylic acids is 2. The highest BCUT2D eigenvalue weighted by Gasteiger charge is 2.49. The van der Waals surface area contributed by atoms with Crippen LogP contribution in [0.5, 0.6) is 0 Å². The molecule has 0 aromatic heterocycles. The van der Waals surface area contributed by atoms with E-state index >= 15 is 0 Å². The Morgan fingerprint density at radius 2 is 1.09 bits per heavy atom. The Morgan fingerprint density at radius 1 is 0.696 bits per heavy atom. The van der Waals surface area contributed by atoms with E-state index < -0.39 is 11.9 Å². The standard InChI is InChI=1S/C18H30O5/c19-15(20)17(9-10-17)7-3-1-5-13-23-14-6-2-4-8-18(11-12-18)16(21)22/h1-14H2,(H,19,20)(H,21,22). The van der Waals surface area contributed by atoms with E-state index in [2.05, 4.69) is 0 Å². The van der Waals surface area contributed by atoms with Gasteiger partial charge in [-0.2, -0.15) is 0 Å².